The highest BCUT2D eigenvalue weighted by Gasteiger charge is 2.17. The van der Waals surface area contributed by atoms with Crippen LogP contribution < -0.4 is 10.6 Å². The van der Waals surface area contributed by atoms with E-state index in [-0.39, 0.29) is 12.2 Å². The van der Waals surface area contributed by atoms with Crippen LogP contribution in [0, 0.1) is 0 Å². The minimum Gasteiger partial charge on any atom is -0.374 e. The maximum absolute atomic E-state index is 5.08. The number of nitrogens with zero attached hydrogens (tertiary/aromatic N) is 3. The maximum Gasteiger partial charge on any atom is 0.169 e. The average Bonchev–Trinajstić information content (AvgIpc) is 3.09. The minimum atomic E-state index is -0.310. The molecule has 2 unspecified atom stereocenters. The summed E-state index contributed by atoms with van der Waals surface area (Å²) < 4.78 is 0. The van der Waals surface area contributed by atoms with Gasteiger partial charge in [-0.15, -0.1) is 0 Å². The van der Waals surface area contributed by atoms with Crippen molar-refractivity contribution in [3.8, 4) is 22.5 Å². The van der Waals surface area contributed by atoms with Crippen LogP contribution in [0.5, 0.6) is 0 Å². The molecule has 0 radical (unpaired) electrons. The highest BCUT2D eigenvalue weighted by atomic mass is 15.2. The van der Waals surface area contributed by atoms with Gasteiger partial charge in [0, 0.05) is 22.4 Å². The lowest BCUT2D eigenvalue weighted by Crippen LogP contribution is -2.29. The quantitative estimate of drug-likeness (QED) is 0.262. The van der Waals surface area contributed by atoms with Crippen LogP contribution in [0.3, 0.4) is 0 Å². The largest absolute Gasteiger partial charge is 0.374 e. The Morgan fingerprint density at radius 2 is 1.48 bits per heavy atom. The van der Waals surface area contributed by atoms with Gasteiger partial charge in [0.2, 0.25) is 0 Å². The van der Waals surface area contributed by atoms with E-state index >= 15 is 0 Å². The fourth-order valence-electron chi connectivity index (χ4n) is 5.50. The van der Waals surface area contributed by atoms with Gasteiger partial charge in [-0.05, 0) is 59.9 Å². The van der Waals surface area contributed by atoms with Crippen molar-refractivity contribution in [3.05, 3.63) is 156 Å². The SMILES string of the molecule is C1=CC(C2=CCCC=C2)NC(c2cccc(-c3cccc(-c4cccc(C5N=CNC(c6ccccc6)=N5)c4)n3)c2)=C1. The Bertz CT molecular complexity index is 1790. The molecular weight excluding hydrogens is 514 g/mol. The molecule has 2 atom stereocenters. The molecule has 1 aromatic heterocycles. The number of rotatable bonds is 6. The summed E-state index contributed by atoms with van der Waals surface area (Å²) in [5.41, 5.74) is 9.62. The summed E-state index contributed by atoms with van der Waals surface area (Å²) in [6.45, 7) is 0. The summed E-state index contributed by atoms with van der Waals surface area (Å²) >= 11 is 0. The third-order valence-electron chi connectivity index (χ3n) is 7.67. The van der Waals surface area contributed by atoms with E-state index in [1.165, 1.54) is 5.57 Å². The van der Waals surface area contributed by atoms with Gasteiger partial charge < -0.3 is 10.6 Å². The lowest BCUT2D eigenvalue weighted by Gasteiger charge is -2.24. The predicted molar refractivity (Wildman–Crippen MR) is 173 cm³/mol. The first-order valence-corrected chi connectivity index (χ1v) is 14.4. The number of aliphatic imine (C=N–C) groups is 2. The Balaban J connectivity index is 1.14. The van der Waals surface area contributed by atoms with Crippen LogP contribution in [0.2, 0.25) is 0 Å². The Morgan fingerprint density at radius 1 is 0.714 bits per heavy atom. The second-order valence-corrected chi connectivity index (χ2v) is 10.5. The van der Waals surface area contributed by atoms with Gasteiger partial charge >= 0.3 is 0 Å². The molecule has 2 N–H and O–H groups in total. The fourth-order valence-corrected chi connectivity index (χ4v) is 5.50. The van der Waals surface area contributed by atoms with Crippen LogP contribution in [0.1, 0.15) is 35.7 Å². The van der Waals surface area contributed by atoms with Crippen molar-refractivity contribution in [1.82, 2.24) is 15.6 Å². The number of allylic oxidation sites excluding steroid dienone is 4. The van der Waals surface area contributed by atoms with Gasteiger partial charge in [0.25, 0.3) is 0 Å². The highest BCUT2D eigenvalue weighted by Crippen LogP contribution is 2.29. The minimum absolute atomic E-state index is 0.191. The van der Waals surface area contributed by atoms with E-state index in [4.69, 9.17) is 9.98 Å². The van der Waals surface area contributed by atoms with Crippen molar-refractivity contribution in [2.75, 3.05) is 0 Å². The van der Waals surface area contributed by atoms with Gasteiger partial charge in [0.05, 0.1) is 23.8 Å². The molecule has 0 bridgehead atoms. The summed E-state index contributed by atoms with van der Waals surface area (Å²) in [4.78, 5) is 14.6. The predicted octanol–water partition coefficient (Wildman–Crippen LogP) is 7.64. The average molecular weight is 546 g/mol. The molecule has 0 saturated carbocycles. The third kappa shape index (κ3) is 5.50. The molecule has 204 valence electrons. The summed E-state index contributed by atoms with van der Waals surface area (Å²) in [7, 11) is 0. The van der Waals surface area contributed by atoms with E-state index in [1.54, 1.807) is 6.34 Å². The van der Waals surface area contributed by atoms with Gasteiger partial charge in [-0.25, -0.2) is 15.0 Å². The first-order valence-electron chi connectivity index (χ1n) is 14.4. The van der Waals surface area contributed by atoms with E-state index in [2.05, 4.69) is 119 Å². The molecule has 3 heterocycles. The van der Waals surface area contributed by atoms with Crippen molar-refractivity contribution < 1.29 is 0 Å². The van der Waals surface area contributed by atoms with Crippen molar-refractivity contribution in [3.63, 3.8) is 0 Å². The van der Waals surface area contributed by atoms with Crippen molar-refractivity contribution in [2.45, 2.75) is 25.0 Å². The Hall–Kier alpha value is -5.29. The van der Waals surface area contributed by atoms with Crippen LogP contribution in [0.25, 0.3) is 28.2 Å². The number of dihydropyridines is 1. The monoisotopic (exact) mass is 545 g/mol. The van der Waals surface area contributed by atoms with Crippen molar-refractivity contribution >= 4 is 17.9 Å². The van der Waals surface area contributed by atoms with Crippen LogP contribution >= 0.6 is 0 Å². The van der Waals surface area contributed by atoms with Gasteiger partial charge in [0.15, 0.2) is 6.17 Å². The second kappa shape index (κ2) is 11.7. The second-order valence-electron chi connectivity index (χ2n) is 10.5. The molecule has 2 aliphatic heterocycles. The molecule has 4 aromatic rings. The number of amidine groups is 1. The van der Waals surface area contributed by atoms with E-state index in [0.29, 0.717) is 0 Å². The van der Waals surface area contributed by atoms with E-state index in [1.807, 2.05) is 30.3 Å². The Labute approximate surface area is 246 Å². The molecule has 5 heteroatoms. The molecule has 0 spiro atoms. The number of hydrogen-bond acceptors (Lipinski definition) is 5. The number of nitrogens with one attached hydrogen (secondary N) is 2. The molecular formula is C37H31N5. The topological polar surface area (TPSA) is 61.7 Å². The first kappa shape index (κ1) is 25.7. The summed E-state index contributed by atoms with van der Waals surface area (Å²) in [5, 5.41) is 6.90. The number of hydrogen-bond donors (Lipinski definition) is 2. The highest BCUT2D eigenvalue weighted by molar-refractivity contribution is 6.05. The maximum atomic E-state index is 5.08. The van der Waals surface area contributed by atoms with Gasteiger partial charge in [-0.2, -0.15) is 0 Å². The zero-order valence-electron chi connectivity index (χ0n) is 23.2. The normalized spacial score (nSPS) is 19.3. The first-order chi connectivity index (χ1) is 20.8. The Kier molecular flexibility index (Phi) is 7.13. The Morgan fingerprint density at radius 3 is 2.31 bits per heavy atom. The molecule has 3 aromatic carbocycles. The van der Waals surface area contributed by atoms with Gasteiger partial charge in [0.1, 0.15) is 5.84 Å². The summed E-state index contributed by atoms with van der Waals surface area (Å²) in [6.07, 6.45) is 17.0. The van der Waals surface area contributed by atoms with E-state index in [0.717, 1.165) is 63.6 Å². The van der Waals surface area contributed by atoms with E-state index in [9.17, 15) is 0 Å². The lowest BCUT2D eigenvalue weighted by atomic mass is 9.96. The van der Waals surface area contributed by atoms with Crippen LogP contribution in [0.4, 0.5) is 0 Å². The smallest absolute Gasteiger partial charge is 0.169 e. The molecule has 0 saturated heterocycles. The molecule has 7 rings (SSSR count). The molecule has 0 fully saturated rings. The molecule has 0 amide bonds. The van der Waals surface area contributed by atoms with Crippen molar-refractivity contribution in [1.29, 1.82) is 0 Å². The van der Waals surface area contributed by atoms with Crippen LogP contribution in [-0.2, 0) is 0 Å². The fraction of sp³-hybridized carbons (Fsp3) is 0.108. The standard InChI is InChI=1S/C37H31N5/c1-3-11-26(12-4-1)32-19-9-20-33(40-32)28-15-7-16-29(23-28)34-21-10-22-35(41-34)30-17-8-18-31(24-30)37-39-25-38-36(42-37)27-13-5-2-6-14-27/h2-3,5-25,32,37,40H,1,4H2,(H,38,39,42). The lowest BCUT2D eigenvalue weighted by molar-refractivity contribution is 0.763. The zero-order valence-corrected chi connectivity index (χ0v) is 23.2. The van der Waals surface area contributed by atoms with Gasteiger partial charge in [-0.1, -0.05) is 103 Å². The van der Waals surface area contributed by atoms with Crippen LogP contribution in [-0.4, -0.2) is 23.2 Å². The number of aromatic nitrogens is 1. The summed E-state index contributed by atoms with van der Waals surface area (Å²) in [6, 6.07) is 33.5. The van der Waals surface area contributed by atoms with Gasteiger partial charge in [-0.3, -0.25) is 0 Å². The number of benzene rings is 3. The van der Waals surface area contributed by atoms with E-state index < -0.39 is 0 Å². The molecule has 1 aliphatic carbocycles. The molecule has 5 nitrogen and oxygen atoms in total. The zero-order chi connectivity index (χ0) is 28.1. The molecule has 42 heavy (non-hydrogen) atoms. The third-order valence-corrected chi connectivity index (χ3v) is 7.67. The molecule has 3 aliphatic rings. The summed E-state index contributed by atoms with van der Waals surface area (Å²) in [5.74, 6) is 0.817. The number of pyridine rings is 1. The van der Waals surface area contributed by atoms with Crippen LogP contribution in [0.15, 0.2) is 149 Å². The van der Waals surface area contributed by atoms with Crippen molar-refractivity contribution in [2.24, 2.45) is 9.98 Å².